The fourth-order valence-electron chi connectivity index (χ4n) is 2.55. The smallest absolute Gasteiger partial charge is 0.356 e. The molecule has 1 unspecified atom stereocenters. The predicted molar refractivity (Wildman–Crippen MR) is 81.2 cm³/mol. The van der Waals surface area contributed by atoms with Gasteiger partial charge < -0.3 is 10.0 Å². The molecule has 7 nitrogen and oxygen atoms in total. The SMILES string of the molecule is CC(C)C1c2nnnn2C(C(=O)O)=CN1c1ccc(Cl)cc1. The molecule has 22 heavy (non-hydrogen) atoms. The van der Waals surface area contributed by atoms with Crippen molar-refractivity contribution in [3.63, 3.8) is 0 Å². The molecule has 0 saturated carbocycles. The molecule has 1 aromatic carbocycles. The molecule has 1 N–H and O–H groups in total. The zero-order valence-corrected chi connectivity index (χ0v) is 12.8. The molecule has 2 heterocycles. The van der Waals surface area contributed by atoms with Crippen molar-refractivity contribution in [1.29, 1.82) is 0 Å². The van der Waals surface area contributed by atoms with Gasteiger partial charge in [-0.15, -0.1) is 5.10 Å². The second-order valence-corrected chi connectivity index (χ2v) is 5.78. The highest BCUT2D eigenvalue weighted by molar-refractivity contribution is 6.30. The van der Waals surface area contributed by atoms with E-state index in [1.54, 1.807) is 18.3 Å². The Hall–Kier alpha value is -2.41. The third kappa shape index (κ3) is 2.33. The lowest BCUT2D eigenvalue weighted by Crippen LogP contribution is -2.35. The molecule has 0 fully saturated rings. The first-order valence-electron chi connectivity index (χ1n) is 6.76. The fourth-order valence-corrected chi connectivity index (χ4v) is 2.68. The van der Waals surface area contributed by atoms with Gasteiger partial charge in [-0.05, 0) is 40.6 Å². The molecule has 3 rings (SSSR count). The normalized spacial score (nSPS) is 17.4. The number of halogens is 1. The number of aliphatic carboxylic acids is 1. The van der Waals surface area contributed by atoms with Gasteiger partial charge in [-0.25, -0.2) is 4.79 Å². The summed E-state index contributed by atoms with van der Waals surface area (Å²) in [6.45, 7) is 4.07. The van der Waals surface area contributed by atoms with Gasteiger partial charge in [0.1, 0.15) is 0 Å². The summed E-state index contributed by atoms with van der Waals surface area (Å²) in [4.78, 5) is 13.4. The summed E-state index contributed by atoms with van der Waals surface area (Å²) in [5.41, 5.74) is 0.836. The molecule has 0 amide bonds. The van der Waals surface area contributed by atoms with Gasteiger partial charge in [0.25, 0.3) is 0 Å². The number of nitrogens with zero attached hydrogens (tertiary/aromatic N) is 5. The molecule has 0 radical (unpaired) electrons. The molecule has 0 saturated heterocycles. The van der Waals surface area contributed by atoms with Crippen molar-refractivity contribution in [2.75, 3.05) is 4.90 Å². The summed E-state index contributed by atoms with van der Waals surface area (Å²) in [5.74, 6) is -0.411. The molecule has 1 aliphatic heterocycles. The van der Waals surface area contributed by atoms with Crippen LogP contribution in [0.1, 0.15) is 25.7 Å². The van der Waals surface area contributed by atoms with Crippen molar-refractivity contribution in [2.24, 2.45) is 5.92 Å². The third-order valence-corrected chi connectivity index (χ3v) is 3.77. The number of rotatable bonds is 3. The number of carbonyl (C=O) groups is 1. The van der Waals surface area contributed by atoms with E-state index in [0.717, 1.165) is 5.69 Å². The Labute approximate surface area is 131 Å². The van der Waals surface area contributed by atoms with Gasteiger partial charge in [0.05, 0.1) is 6.04 Å². The van der Waals surface area contributed by atoms with Gasteiger partial charge >= 0.3 is 5.97 Å². The molecule has 2 aromatic rings. The summed E-state index contributed by atoms with van der Waals surface area (Å²) in [6.07, 6.45) is 1.56. The number of carboxylic acids is 1. The molecular formula is C14H14ClN5O2. The van der Waals surface area contributed by atoms with Crippen molar-refractivity contribution in [2.45, 2.75) is 19.9 Å². The van der Waals surface area contributed by atoms with Crippen LogP contribution in [0.5, 0.6) is 0 Å². The van der Waals surface area contributed by atoms with Crippen molar-refractivity contribution in [1.82, 2.24) is 20.2 Å². The molecule has 1 aliphatic rings. The summed E-state index contributed by atoms with van der Waals surface area (Å²) >= 11 is 5.93. The monoisotopic (exact) mass is 319 g/mol. The largest absolute Gasteiger partial charge is 0.476 e. The highest BCUT2D eigenvalue weighted by atomic mass is 35.5. The number of anilines is 1. The quantitative estimate of drug-likeness (QED) is 0.935. The van der Waals surface area contributed by atoms with Crippen LogP contribution in [-0.2, 0) is 4.79 Å². The molecule has 0 aliphatic carbocycles. The van der Waals surface area contributed by atoms with E-state index in [-0.39, 0.29) is 17.7 Å². The Morgan fingerprint density at radius 3 is 2.59 bits per heavy atom. The van der Waals surface area contributed by atoms with Crippen molar-refractivity contribution >= 4 is 29.0 Å². The molecule has 0 bridgehead atoms. The maximum Gasteiger partial charge on any atom is 0.356 e. The Bertz CT molecular complexity index is 738. The van der Waals surface area contributed by atoms with Crippen LogP contribution in [0.4, 0.5) is 5.69 Å². The van der Waals surface area contributed by atoms with Gasteiger partial charge in [-0.3, -0.25) is 0 Å². The van der Waals surface area contributed by atoms with Crippen LogP contribution in [0.3, 0.4) is 0 Å². The van der Waals surface area contributed by atoms with E-state index in [2.05, 4.69) is 15.5 Å². The fraction of sp³-hybridized carbons (Fsp3) is 0.286. The molecule has 114 valence electrons. The maximum absolute atomic E-state index is 11.5. The number of aromatic nitrogens is 4. The standard InChI is InChI=1S/C14H14ClN5O2/c1-8(2)12-13-16-17-18-20(13)11(14(21)22)7-19(12)10-5-3-9(15)4-6-10/h3-8,12H,1-2H3,(H,21,22). The minimum absolute atomic E-state index is 0.00634. The third-order valence-electron chi connectivity index (χ3n) is 3.52. The lowest BCUT2D eigenvalue weighted by atomic mass is 9.99. The first kappa shape index (κ1) is 14.5. The van der Waals surface area contributed by atoms with Crippen LogP contribution in [0.2, 0.25) is 5.02 Å². The highest BCUT2D eigenvalue weighted by Crippen LogP contribution is 2.37. The summed E-state index contributed by atoms with van der Waals surface area (Å²) < 4.78 is 1.28. The number of tetrazole rings is 1. The van der Waals surface area contributed by atoms with Crippen LogP contribution in [-0.4, -0.2) is 31.3 Å². The van der Waals surface area contributed by atoms with E-state index < -0.39 is 5.97 Å². The second-order valence-electron chi connectivity index (χ2n) is 5.34. The van der Waals surface area contributed by atoms with Gasteiger partial charge in [-0.2, -0.15) is 4.68 Å². The molecular weight excluding hydrogens is 306 g/mol. The number of hydrogen-bond donors (Lipinski definition) is 1. The van der Waals surface area contributed by atoms with Gasteiger partial charge in [0, 0.05) is 16.9 Å². The summed E-state index contributed by atoms with van der Waals surface area (Å²) in [6, 6.07) is 7.04. The molecule has 1 atom stereocenters. The second kappa shape index (κ2) is 5.42. The summed E-state index contributed by atoms with van der Waals surface area (Å²) in [5, 5.41) is 21.5. The molecule has 8 heteroatoms. The zero-order valence-electron chi connectivity index (χ0n) is 12.0. The lowest BCUT2D eigenvalue weighted by molar-refractivity contribution is -0.130. The van der Waals surface area contributed by atoms with Crippen LogP contribution >= 0.6 is 11.6 Å². The highest BCUT2D eigenvalue weighted by Gasteiger charge is 2.35. The van der Waals surface area contributed by atoms with Gasteiger partial charge in [0.15, 0.2) is 11.5 Å². The minimum Gasteiger partial charge on any atom is -0.476 e. The maximum atomic E-state index is 11.5. The van der Waals surface area contributed by atoms with E-state index >= 15 is 0 Å². The van der Waals surface area contributed by atoms with Crippen molar-refractivity contribution < 1.29 is 9.90 Å². The first-order chi connectivity index (χ1) is 10.5. The first-order valence-corrected chi connectivity index (χ1v) is 7.14. The van der Waals surface area contributed by atoms with E-state index in [1.807, 2.05) is 30.9 Å². The number of carboxylic acid groups (broad SMARTS) is 1. The van der Waals surface area contributed by atoms with Crippen LogP contribution < -0.4 is 4.90 Å². The van der Waals surface area contributed by atoms with Crippen LogP contribution in [0.15, 0.2) is 30.5 Å². The topological polar surface area (TPSA) is 84.1 Å². The van der Waals surface area contributed by atoms with Crippen molar-refractivity contribution in [3.8, 4) is 0 Å². The van der Waals surface area contributed by atoms with Gasteiger partial charge in [0.2, 0.25) is 0 Å². The van der Waals surface area contributed by atoms with E-state index in [9.17, 15) is 9.90 Å². The van der Waals surface area contributed by atoms with Crippen LogP contribution in [0, 0.1) is 5.92 Å². The minimum atomic E-state index is -1.09. The van der Waals surface area contributed by atoms with E-state index in [4.69, 9.17) is 11.6 Å². The summed E-state index contributed by atoms with van der Waals surface area (Å²) in [7, 11) is 0. The van der Waals surface area contributed by atoms with Crippen LogP contribution in [0.25, 0.3) is 5.70 Å². The van der Waals surface area contributed by atoms with E-state index in [1.165, 1.54) is 4.68 Å². The Balaban J connectivity index is 2.16. The Kier molecular flexibility index (Phi) is 3.58. The zero-order chi connectivity index (χ0) is 15.9. The van der Waals surface area contributed by atoms with Crippen molar-refractivity contribution in [3.05, 3.63) is 41.3 Å². The Morgan fingerprint density at radius 1 is 1.32 bits per heavy atom. The molecule has 0 spiro atoms. The lowest BCUT2D eigenvalue weighted by Gasteiger charge is -2.35. The average Bonchev–Trinajstić information content (AvgIpc) is 2.94. The average molecular weight is 320 g/mol. The number of fused-ring (bicyclic) bond motifs is 1. The predicted octanol–water partition coefficient (Wildman–Crippen LogP) is 2.43. The van der Waals surface area contributed by atoms with Gasteiger partial charge in [-0.1, -0.05) is 25.4 Å². The number of hydrogen-bond acceptors (Lipinski definition) is 5. The number of benzene rings is 1. The Morgan fingerprint density at radius 2 is 2.00 bits per heavy atom. The molecule has 1 aromatic heterocycles. The van der Waals surface area contributed by atoms with E-state index in [0.29, 0.717) is 10.8 Å².